The lowest BCUT2D eigenvalue weighted by molar-refractivity contribution is 0.146. The van der Waals surface area contributed by atoms with Crippen LogP contribution in [-0.2, 0) is 20.5 Å². The fourth-order valence-electron chi connectivity index (χ4n) is 3.19. The molecule has 0 unspecified atom stereocenters. The molecule has 1 aliphatic rings. The van der Waals surface area contributed by atoms with Crippen molar-refractivity contribution in [3.63, 3.8) is 0 Å². The van der Waals surface area contributed by atoms with E-state index in [9.17, 15) is 4.79 Å². The van der Waals surface area contributed by atoms with Gasteiger partial charge in [0.1, 0.15) is 0 Å². The zero-order valence-electron chi connectivity index (χ0n) is 12.6. The third-order valence-corrected chi connectivity index (χ3v) is 4.40. The lowest BCUT2D eigenvalue weighted by atomic mass is 9.82. The third kappa shape index (κ3) is 2.84. The smallest absolute Gasteiger partial charge is 0.235 e. The number of benzene rings is 1. The van der Waals surface area contributed by atoms with Gasteiger partial charge >= 0.3 is 0 Å². The molecule has 3 nitrogen and oxygen atoms in total. The molecule has 0 aliphatic heterocycles. The third-order valence-electron chi connectivity index (χ3n) is 4.40. The molecule has 108 valence electrons. The van der Waals surface area contributed by atoms with Crippen molar-refractivity contribution in [1.82, 2.24) is 0 Å². The van der Waals surface area contributed by atoms with Crippen LogP contribution in [0.15, 0.2) is 29.3 Å². The predicted molar refractivity (Wildman–Crippen MR) is 79.6 cm³/mol. The Kier molecular flexibility index (Phi) is 4.42. The van der Waals surface area contributed by atoms with Crippen LogP contribution in [0.1, 0.15) is 50.7 Å². The first-order chi connectivity index (χ1) is 9.54. The maximum atomic E-state index is 10.7. The minimum atomic E-state index is -0.328. The highest BCUT2D eigenvalue weighted by Gasteiger charge is 2.35. The van der Waals surface area contributed by atoms with Crippen LogP contribution in [0, 0.1) is 0 Å². The highest BCUT2D eigenvalue weighted by atomic mass is 16.5. The van der Waals surface area contributed by atoms with Gasteiger partial charge in [-0.05, 0) is 24.0 Å². The van der Waals surface area contributed by atoms with E-state index in [2.05, 4.69) is 43.1 Å². The summed E-state index contributed by atoms with van der Waals surface area (Å²) in [6.45, 7) is 5.02. The summed E-state index contributed by atoms with van der Waals surface area (Å²) in [5, 5.41) is 0. The average Bonchev–Trinajstić information content (AvgIpc) is 2.89. The molecule has 0 atom stereocenters. The number of aliphatic imine (C=N–C) groups is 1. The van der Waals surface area contributed by atoms with Crippen LogP contribution in [0.5, 0.6) is 0 Å². The Bertz CT molecular complexity index is 492. The highest BCUT2D eigenvalue weighted by Crippen LogP contribution is 2.42. The molecule has 0 amide bonds. The van der Waals surface area contributed by atoms with E-state index in [1.165, 1.54) is 5.56 Å². The van der Waals surface area contributed by atoms with Crippen molar-refractivity contribution < 1.29 is 9.53 Å². The van der Waals surface area contributed by atoms with Gasteiger partial charge in [-0.15, -0.1) is 0 Å². The van der Waals surface area contributed by atoms with Gasteiger partial charge in [0.2, 0.25) is 6.08 Å². The Balaban J connectivity index is 2.30. The zero-order chi connectivity index (χ0) is 14.6. The van der Waals surface area contributed by atoms with Crippen molar-refractivity contribution in [2.45, 2.75) is 50.5 Å². The maximum absolute atomic E-state index is 10.7. The van der Waals surface area contributed by atoms with Crippen molar-refractivity contribution >= 4 is 6.08 Å². The Morgan fingerprint density at radius 1 is 1.25 bits per heavy atom. The summed E-state index contributed by atoms with van der Waals surface area (Å²) in [5.41, 5.74) is 2.04. The lowest BCUT2D eigenvalue weighted by Gasteiger charge is -2.27. The van der Waals surface area contributed by atoms with Gasteiger partial charge in [0.25, 0.3) is 0 Å². The van der Waals surface area contributed by atoms with Gasteiger partial charge in [-0.2, -0.15) is 4.99 Å². The van der Waals surface area contributed by atoms with Crippen molar-refractivity contribution in [2.24, 2.45) is 4.99 Å². The normalized spacial score (nSPS) is 17.8. The van der Waals surface area contributed by atoms with Gasteiger partial charge in [0.05, 0.1) is 12.1 Å². The molecule has 0 N–H and O–H groups in total. The van der Waals surface area contributed by atoms with Gasteiger partial charge in [-0.25, -0.2) is 4.79 Å². The van der Waals surface area contributed by atoms with Crippen LogP contribution in [0.4, 0.5) is 0 Å². The van der Waals surface area contributed by atoms with Gasteiger partial charge in [0, 0.05) is 12.5 Å². The Labute approximate surface area is 121 Å². The number of ether oxygens (including phenoxy) is 1. The van der Waals surface area contributed by atoms with E-state index < -0.39 is 0 Å². The van der Waals surface area contributed by atoms with Crippen LogP contribution >= 0.6 is 0 Å². The molecule has 3 heteroatoms. The van der Waals surface area contributed by atoms with E-state index in [1.807, 2.05) is 0 Å². The lowest BCUT2D eigenvalue weighted by Crippen LogP contribution is -2.24. The largest absolute Gasteiger partial charge is 0.384 e. The molecular weight excluding hydrogens is 250 g/mol. The molecule has 0 aromatic heterocycles. The minimum absolute atomic E-state index is 0.00987. The van der Waals surface area contributed by atoms with Crippen molar-refractivity contribution in [1.29, 1.82) is 0 Å². The van der Waals surface area contributed by atoms with Crippen LogP contribution < -0.4 is 0 Å². The maximum Gasteiger partial charge on any atom is 0.235 e. The molecule has 0 saturated heterocycles. The minimum Gasteiger partial charge on any atom is -0.384 e. The summed E-state index contributed by atoms with van der Waals surface area (Å²) < 4.78 is 5.28. The topological polar surface area (TPSA) is 38.7 Å². The first kappa shape index (κ1) is 15.0. The van der Waals surface area contributed by atoms with Crippen LogP contribution in [-0.4, -0.2) is 19.8 Å². The second-order valence-electron chi connectivity index (χ2n) is 6.34. The fraction of sp³-hybridized carbons (Fsp3) is 0.588. The monoisotopic (exact) mass is 273 g/mol. The van der Waals surface area contributed by atoms with E-state index in [0.717, 1.165) is 31.2 Å². The summed E-state index contributed by atoms with van der Waals surface area (Å²) in [4.78, 5) is 14.9. The van der Waals surface area contributed by atoms with Crippen LogP contribution in [0.25, 0.3) is 0 Å². The Morgan fingerprint density at radius 2 is 1.85 bits per heavy atom. The predicted octanol–water partition coefficient (Wildman–Crippen LogP) is 3.72. The van der Waals surface area contributed by atoms with Gasteiger partial charge < -0.3 is 4.74 Å². The number of isocyanates is 1. The Hall–Kier alpha value is -1.44. The van der Waals surface area contributed by atoms with E-state index in [-0.39, 0.29) is 11.0 Å². The molecule has 1 aromatic carbocycles. The Morgan fingerprint density at radius 3 is 2.35 bits per heavy atom. The second kappa shape index (κ2) is 5.90. The second-order valence-corrected chi connectivity index (χ2v) is 6.34. The number of hydrogen-bond donors (Lipinski definition) is 0. The summed E-state index contributed by atoms with van der Waals surface area (Å²) in [5.74, 6) is 0. The molecule has 0 heterocycles. The number of nitrogens with zero attached hydrogens (tertiary/aromatic N) is 1. The van der Waals surface area contributed by atoms with Crippen molar-refractivity contribution in [2.75, 3.05) is 13.7 Å². The first-order valence-electron chi connectivity index (χ1n) is 7.23. The number of carbonyl (C=O) groups excluding carboxylic acids is 1. The number of methoxy groups -OCH3 is 1. The van der Waals surface area contributed by atoms with Crippen LogP contribution in [0.2, 0.25) is 0 Å². The molecule has 1 aliphatic carbocycles. The highest BCUT2D eigenvalue weighted by molar-refractivity contribution is 5.40. The molecular formula is C17H23NO2. The quantitative estimate of drug-likeness (QED) is 0.606. The molecule has 20 heavy (non-hydrogen) atoms. The van der Waals surface area contributed by atoms with E-state index in [4.69, 9.17) is 4.74 Å². The summed E-state index contributed by atoms with van der Waals surface area (Å²) in [7, 11) is 1.72. The molecule has 0 spiro atoms. The molecule has 0 bridgehead atoms. The first-order valence-corrected chi connectivity index (χ1v) is 7.23. The standard InChI is InChI=1S/C17H23NO2/c1-16(2,12-20-3)14-6-8-15(9-7-14)17(18-13-19)10-4-5-11-17/h6-9H,4-5,10-12H2,1-3H3. The zero-order valence-corrected chi connectivity index (χ0v) is 12.6. The molecule has 1 fully saturated rings. The average molecular weight is 273 g/mol. The molecule has 1 saturated carbocycles. The van der Waals surface area contributed by atoms with Crippen molar-refractivity contribution in [3.8, 4) is 0 Å². The van der Waals surface area contributed by atoms with E-state index in [1.54, 1.807) is 13.2 Å². The van der Waals surface area contributed by atoms with Crippen molar-refractivity contribution in [3.05, 3.63) is 35.4 Å². The van der Waals surface area contributed by atoms with Gasteiger partial charge in [-0.1, -0.05) is 51.0 Å². The number of hydrogen-bond acceptors (Lipinski definition) is 3. The van der Waals surface area contributed by atoms with Gasteiger partial charge in [0.15, 0.2) is 0 Å². The number of rotatable bonds is 5. The molecule has 1 aromatic rings. The van der Waals surface area contributed by atoms with E-state index >= 15 is 0 Å². The van der Waals surface area contributed by atoms with Crippen LogP contribution in [0.3, 0.4) is 0 Å². The summed E-state index contributed by atoms with van der Waals surface area (Å²) >= 11 is 0. The summed E-state index contributed by atoms with van der Waals surface area (Å²) in [6, 6.07) is 8.49. The van der Waals surface area contributed by atoms with Gasteiger partial charge in [-0.3, -0.25) is 0 Å². The SMILES string of the molecule is COCC(C)(C)c1ccc(C2(N=C=O)CCCC2)cc1. The van der Waals surface area contributed by atoms with E-state index in [0.29, 0.717) is 6.61 Å². The molecule has 2 rings (SSSR count). The summed E-state index contributed by atoms with van der Waals surface area (Å²) in [6.07, 6.45) is 5.92. The molecule has 0 radical (unpaired) electrons. The fourth-order valence-corrected chi connectivity index (χ4v) is 3.19.